The Kier molecular flexibility index (Phi) is 7.17. The Morgan fingerprint density at radius 1 is 1.43 bits per heavy atom. The van der Waals surface area contributed by atoms with Crippen molar-refractivity contribution in [3.63, 3.8) is 0 Å². The summed E-state index contributed by atoms with van der Waals surface area (Å²) >= 11 is 5.92. The smallest absolute Gasteiger partial charge is 0.194 e. The van der Waals surface area contributed by atoms with Crippen molar-refractivity contribution in [3.05, 3.63) is 47.2 Å². The Labute approximate surface area is 171 Å². The highest BCUT2D eigenvalue weighted by Gasteiger charge is 2.25. The molecule has 8 heteroatoms. The van der Waals surface area contributed by atoms with Crippen LogP contribution in [-0.2, 0) is 11.8 Å². The van der Waals surface area contributed by atoms with Crippen molar-refractivity contribution in [2.45, 2.75) is 26.1 Å². The topological polar surface area (TPSA) is 63.9 Å². The van der Waals surface area contributed by atoms with E-state index in [1.807, 2.05) is 50.6 Å². The number of aromatic nitrogens is 2. The number of halogens is 1. The van der Waals surface area contributed by atoms with Crippen molar-refractivity contribution in [1.82, 2.24) is 20.0 Å². The van der Waals surface area contributed by atoms with Crippen LogP contribution in [0.15, 0.2) is 41.7 Å². The van der Waals surface area contributed by atoms with Crippen molar-refractivity contribution < 1.29 is 9.47 Å². The first-order valence-electron chi connectivity index (χ1n) is 9.60. The van der Waals surface area contributed by atoms with E-state index in [2.05, 4.69) is 22.2 Å². The third-order valence-electron chi connectivity index (χ3n) is 4.45. The van der Waals surface area contributed by atoms with Gasteiger partial charge in [-0.05, 0) is 38.1 Å². The van der Waals surface area contributed by atoms with E-state index in [0.717, 1.165) is 36.9 Å². The van der Waals surface area contributed by atoms with E-state index >= 15 is 0 Å². The zero-order valence-electron chi connectivity index (χ0n) is 16.6. The minimum atomic E-state index is -0.0509. The molecule has 2 aromatic rings. The van der Waals surface area contributed by atoms with Crippen LogP contribution < -0.4 is 10.1 Å². The van der Waals surface area contributed by atoms with Gasteiger partial charge in [-0.25, -0.2) is 4.99 Å². The summed E-state index contributed by atoms with van der Waals surface area (Å²) in [6.45, 7) is 7.64. The van der Waals surface area contributed by atoms with Crippen LogP contribution in [-0.4, -0.2) is 59.5 Å². The fourth-order valence-electron chi connectivity index (χ4n) is 3.07. The Balaban J connectivity index is 1.61. The van der Waals surface area contributed by atoms with Gasteiger partial charge in [0.15, 0.2) is 5.96 Å². The van der Waals surface area contributed by atoms with Crippen LogP contribution in [0.2, 0.25) is 5.02 Å². The number of guanidine groups is 1. The standard InChI is InChI=1S/C20H28ClN5O2/c1-4-22-20(23-11-15(2)28-18-7-5-17(21)6-8-18)26-9-10-27-19(14-26)16-12-24-25(3)13-16/h5-8,12-13,15,19H,4,9-11,14H2,1-3H3,(H,22,23). The molecule has 1 aromatic heterocycles. The number of aryl methyl sites for hydroxylation is 1. The molecule has 2 atom stereocenters. The molecule has 7 nitrogen and oxygen atoms in total. The van der Waals surface area contributed by atoms with Crippen LogP contribution in [0.25, 0.3) is 0 Å². The predicted molar refractivity (Wildman–Crippen MR) is 111 cm³/mol. The number of rotatable bonds is 6. The van der Waals surface area contributed by atoms with Gasteiger partial charge >= 0.3 is 0 Å². The fraction of sp³-hybridized carbons (Fsp3) is 0.500. The van der Waals surface area contributed by atoms with Crippen molar-refractivity contribution in [3.8, 4) is 5.75 Å². The number of nitrogens with zero attached hydrogens (tertiary/aromatic N) is 4. The van der Waals surface area contributed by atoms with Gasteiger partial charge in [0.25, 0.3) is 0 Å². The van der Waals surface area contributed by atoms with E-state index < -0.39 is 0 Å². The van der Waals surface area contributed by atoms with Crippen LogP contribution >= 0.6 is 11.6 Å². The van der Waals surface area contributed by atoms with E-state index in [0.29, 0.717) is 18.2 Å². The van der Waals surface area contributed by atoms with Crippen LogP contribution in [0.1, 0.15) is 25.5 Å². The van der Waals surface area contributed by atoms with Gasteiger partial charge in [0.1, 0.15) is 18.0 Å². The lowest BCUT2D eigenvalue weighted by atomic mass is 10.1. The summed E-state index contributed by atoms with van der Waals surface area (Å²) in [5.74, 6) is 1.67. The summed E-state index contributed by atoms with van der Waals surface area (Å²) in [6.07, 6.45) is 3.81. The summed E-state index contributed by atoms with van der Waals surface area (Å²) in [4.78, 5) is 7.02. The van der Waals surface area contributed by atoms with Crippen molar-refractivity contribution in [2.75, 3.05) is 32.8 Å². The Bertz CT molecular complexity index is 777. The molecule has 152 valence electrons. The maximum Gasteiger partial charge on any atom is 0.194 e. The van der Waals surface area contributed by atoms with E-state index in [9.17, 15) is 0 Å². The number of aliphatic imine (C=N–C) groups is 1. The number of ether oxygens (including phenoxy) is 2. The second kappa shape index (κ2) is 9.80. The molecule has 0 spiro atoms. The van der Waals surface area contributed by atoms with Crippen LogP contribution in [0.3, 0.4) is 0 Å². The molecule has 2 heterocycles. The molecule has 0 aliphatic carbocycles. The minimum Gasteiger partial charge on any atom is -0.489 e. The molecule has 2 unspecified atom stereocenters. The first-order valence-corrected chi connectivity index (χ1v) is 9.98. The third-order valence-corrected chi connectivity index (χ3v) is 4.70. The highest BCUT2D eigenvalue weighted by atomic mass is 35.5. The van der Waals surface area contributed by atoms with E-state index in [4.69, 9.17) is 26.1 Å². The largest absolute Gasteiger partial charge is 0.489 e. The molecule has 1 aromatic carbocycles. The first kappa shape index (κ1) is 20.5. The summed E-state index contributed by atoms with van der Waals surface area (Å²) in [7, 11) is 1.91. The van der Waals surface area contributed by atoms with E-state index in [-0.39, 0.29) is 12.2 Å². The molecule has 1 aliphatic heterocycles. The molecule has 3 rings (SSSR count). The average Bonchev–Trinajstić information content (AvgIpc) is 3.13. The van der Waals surface area contributed by atoms with E-state index in [1.165, 1.54) is 0 Å². The van der Waals surface area contributed by atoms with Crippen molar-refractivity contribution in [1.29, 1.82) is 0 Å². The highest BCUT2D eigenvalue weighted by molar-refractivity contribution is 6.30. The zero-order chi connectivity index (χ0) is 19.9. The maximum absolute atomic E-state index is 5.94. The van der Waals surface area contributed by atoms with Gasteiger partial charge in [-0.1, -0.05) is 11.6 Å². The van der Waals surface area contributed by atoms with Crippen LogP contribution in [0.5, 0.6) is 5.75 Å². The fourth-order valence-corrected chi connectivity index (χ4v) is 3.20. The predicted octanol–water partition coefficient (Wildman–Crippen LogP) is 2.88. The van der Waals surface area contributed by atoms with Crippen LogP contribution in [0, 0.1) is 0 Å². The lowest BCUT2D eigenvalue weighted by Crippen LogP contribution is -2.48. The SMILES string of the molecule is CCNC(=NCC(C)Oc1ccc(Cl)cc1)N1CCOC(c2cnn(C)c2)C1. The number of nitrogens with one attached hydrogen (secondary N) is 1. The Hall–Kier alpha value is -2.25. The third kappa shape index (κ3) is 5.62. The van der Waals surface area contributed by atoms with Crippen LogP contribution in [0.4, 0.5) is 0 Å². The second-order valence-electron chi connectivity index (χ2n) is 6.83. The lowest BCUT2D eigenvalue weighted by molar-refractivity contribution is -0.00808. The van der Waals surface area contributed by atoms with E-state index in [1.54, 1.807) is 4.68 Å². The highest BCUT2D eigenvalue weighted by Crippen LogP contribution is 2.22. The summed E-state index contributed by atoms with van der Waals surface area (Å²) in [5, 5.41) is 8.33. The summed E-state index contributed by atoms with van der Waals surface area (Å²) in [6, 6.07) is 7.38. The van der Waals surface area contributed by atoms with Gasteiger partial charge < -0.3 is 19.7 Å². The minimum absolute atomic E-state index is 0.00551. The first-order chi connectivity index (χ1) is 13.5. The summed E-state index contributed by atoms with van der Waals surface area (Å²) < 4.78 is 13.7. The van der Waals surface area contributed by atoms with Gasteiger partial charge in [0.2, 0.25) is 0 Å². The van der Waals surface area contributed by atoms with Crippen molar-refractivity contribution >= 4 is 17.6 Å². The van der Waals surface area contributed by atoms with Gasteiger partial charge in [-0.3, -0.25) is 4.68 Å². The molecule has 28 heavy (non-hydrogen) atoms. The molecule has 0 radical (unpaired) electrons. The number of hydrogen-bond acceptors (Lipinski definition) is 4. The Morgan fingerprint density at radius 3 is 2.89 bits per heavy atom. The molecular formula is C20H28ClN5O2. The summed E-state index contributed by atoms with van der Waals surface area (Å²) in [5.41, 5.74) is 1.09. The molecule has 1 fully saturated rings. The monoisotopic (exact) mass is 405 g/mol. The second-order valence-corrected chi connectivity index (χ2v) is 7.27. The molecular weight excluding hydrogens is 378 g/mol. The molecule has 0 saturated carbocycles. The van der Waals surface area contributed by atoms with Gasteiger partial charge in [-0.15, -0.1) is 0 Å². The van der Waals surface area contributed by atoms with Gasteiger partial charge in [0, 0.05) is 36.9 Å². The molecule has 0 bridgehead atoms. The molecule has 1 N–H and O–H groups in total. The molecule has 0 amide bonds. The average molecular weight is 406 g/mol. The number of benzene rings is 1. The molecule has 1 saturated heterocycles. The number of hydrogen-bond donors (Lipinski definition) is 1. The molecule has 1 aliphatic rings. The number of morpholine rings is 1. The normalized spacial score (nSPS) is 18.8. The lowest BCUT2D eigenvalue weighted by Gasteiger charge is -2.35. The zero-order valence-corrected chi connectivity index (χ0v) is 17.4. The quantitative estimate of drug-likeness (QED) is 0.591. The maximum atomic E-state index is 5.94. The van der Waals surface area contributed by atoms with Crippen molar-refractivity contribution in [2.24, 2.45) is 12.0 Å². The van der Waals surface area contributed by atoms with Gasteiger partial charge in [0.05, 0.1) is 25.9 Å². The Morgan fingerprint density at radius 2 is 2.21 bits per heavy atom. The van der Waals surface area contributed by atoms with Gasteiger partial charge in [-0.2, -0.15) is 5.10 Å².